The molecule has 0 saturated carbocycles. The van der Waals surface area contributed by atoms with E-state index >= 15 is 0 Å². The van der Waals surface area contributed by atoms with E-state index in [2.05, 4.69) is 54.1 Å². The minimum Gasteiger partial charge on any atom is 0 e. The van der Waals surface area contributed by atoms with Gasteiger partial charge in [0, 0.05) is 23.1 Å². The van der Waals surface area contributed by atoms with Gasteiger partial charge in [-0.3, -0.25) is 0 Å². The van der Waals surface area contributed by atoms with E-state index in [4.69, 9.17) is 0 Å². The van der Waals surface area contributed by atoms with Crippen LogP contribution in [0.4, 0.5) is 0 Å². The molecule has 0 bridgehead atoms. The number of hydrogen-bond acceptors (Lipinski definition) is 0. The van der Waals surface area contributed by atoms with Gasteiger partial charge in [0.25, 0.3) is 0 Å². The van der Waals surface area contributed by atoms with Gasteiger partial charge in [-0.1, -0.05) is 0 Å². The molecule has 0 fully saturated rings. The molecule has 0 atom stereocenters. The molecule has 0 saturated heterocycles. The molecule has 0 aromatic rings. The molecule has 0 spiro atoms. The Morgan fingerprint density at radius 1 is 1.00 bits per heavy atom. The van der Waals surface area contributed by atoms with Crippen LogP contribution >= 0.6 is 54.1 Å². The van der Waals surface area contributed by atoms with E-state index in [1.807, 2.05) is 0 Å². The average Bonchev–Trinajstić information content (AvgIpc) is 0.811. The van der Waals surface area contributed by atoms with Crippen LogP contribution in [0.2, 0.25) is 0 Å². The Morgan fingerprint density at radius 3 is 1.00 bits per heavy atom. The van der Waals surface area contributed by atoms with Gasteiger partial charge in [-0.2, -0.15) is 0 Å². The van der Waals surface area contributed by atoms with Crippen molar-refractivity contribution in [2.75, 3.05) is 0 Å². The first-order valence-corrected chi connectivity index (χ1v) is 29.8. The van der Waals surface area contributed by atoms with Crippen molar-refractivity contribution < 1.29 is 0 Å². The van der Waals surface area contributed by atoms with Crippen LogP contribution in [0.1, 0.15) is 0 Å². The van der Waals surface area contributed by atoms with Crippen LogP contribution in [0.5, 0.6) is 0 Å². The predicted molar refractivity (Wildman–Crippen MR) is 53.6 cm³/mol. The molecule has 0 nitrogen and oxygen atoms in total. The summed E-state index contributed by atoms with van der Waals surface area (Å²) in [4.78, 5) is 0. The zero-order valence-electron chi connectivity index (χ0n) is 2.29. The van der Waals surface area contributed by atoms with Gasteiger partial charge in [0.05, 0.1) is 0 Å². The molecule has 0 aromatic carbocycles. The summed E-state index contributed by atoms with van der Waals surface area (Å²) in [5.74, 6) is 0. The third kappa shape index (κ3) is 18.1. The zero-order valence-corrected chi connectivity index (χ0v) is 13.7. The maximum Gasteiger partial charge on any atom is 0 e. The van der Waals surface area contributed by atoms with Gasteiger partial charge < -0.3 is 0 Å². The molecule has 0 heterocycles. The van der Waals surface area contributed by atoms with Crippen LogP contribution in [0.25, 0.3) is 0 Å². The van der Waals surface area contributed by atoms with E-state index in [-0.39, 0.29) is 23.1 Å². The van der Waals surface area contributed by atoms with Crippen LogP contribution in [-0.2, 0) is 0 Å². The second-order valence-electron chi connectivity index (χ2n) is 0.192. The van der Waals surface area contributed by atoms with Crippen LogP contribution in [0.3, 0.4) is 0 Å². The predicted octanol–water partition coefficient (Wildman–Crippen LogP) is 1.90. The molecular weight excluding hydrogens is 614 g/mol. The number of hydrogen-bond donors (Lipinski definition) is 0. The molecule has 28 valence electrons. The second kappa shape index (κ2) is 7.84. The third-order valence-corrected chi connectivity index (χ3v) is 0. The van der Waals surface area contributed by atoms with Crippen molar-refractivity contribution in [1.29, 1.82) is 0 Å². The summed E-state index contributed by atoms with van der Waals surface area (Å²) in [5, 5.41) is 0. The molecule has 0 aliphatic rings. The molecule has 0 aliphatic carbocycles. The maximum atomic E-state index is 2.52. The quantitative estimate of drug-likeness (QED) is 0.289. The minimum atomic E-state index is -0.683. The molecule has 0 rings (SSSR count). The van der Waals surface area contributed by atoms with E-state index < -0.39 is 9.18 Å². The summed E-state index contributed by atoms with van der Waals surface area (Å²) in [5.41, 5.74) is 0. The zero-order chi connectivity index (χ0) is 3.58. The van der Waals surface area contributed by atoms with Gasteiger partial charge in [-0.05, 0) is 0 Å². The van der Waals surface area contributed by atoms with E-state index in [1.165, 1.54) is 0 Å². The largest absolute Gasteiger partial charge is 0 e. The van der Waals surface area contributed by atoms with E-state index in [1.54, 1.807) is 0 Å². The molecule has 5 heteroatoms. The molecule has 0 unspecified atom stereocenters. The molecule has 0 amide bonds. The van der Waals surface area contributed by atoms with Gasteiger partial charge in [0.15, 0.2) is 0 Å². The second-order valence-corrected chi connectivity index (χ2v) is 75.7. The standard InChI is InChI=1S/Bi.3HI.Mg/h;3*1H;/q+3;;;;/p-3. The Morgan fingerprint density at radius 2 is 1.00 bits per heavy atom. The van der Waals surface area contributed by atoms with Crippen LogP contribution in [0, 0.1) is 0 Å². The van der Waals surface area contributed by atoms with Crippen LogP contribution in [-0.4, -0.2) is 32.2 Å². The topological polar surface area (TPSA) is 0 Å². The monoisotopic (exact) mass is 614 g/mol. The molecular formula is BiI3Mg. The number of rotatable bonds is 0. The van der Waals surface area contributed by atoms with Gasteiger partial charge >= 0.3 is 63.3 Å². The number of halogens is 3. The third-order valence-electron chi connectivity index (χ3n) is 0. The van der Waals surface area contributed by atoms with Crippen molar-refractivity contribution in [3.63, 3.8) is 0 Å². The Balaban J connectivity index is 0. The van der Waals surface area contributed by atoms with Crippen molar-refractivity contribution in [3.8, 4) is 0 Å². The molecule has 5 heavy (non-hydrogen) atoms. The fourth-order valence-corrected chi connectivity index (χ4v) is 0. The van der Waals surface area contributed by atoms with E-state index in [0.717, 1.165) is 0 Å². The fourth-order valence-electron chi connectivity index (χ4n) is 0. The summed E-state index contributed by atoms with van der Waals surface area (Å²) >= 11 is 7.56. The SMILES string of the molecule is [I][Bi]([I])[I].[Mg]. The summed E-state index contributed by atoms with van der Waals surface area (Å²) in [6.45, 7) is 0. The Labute approximate surface area is 83.5 Å². The minimum absolute atomic E-state index is 0. The van der Waals surface area contributed by atoms with E-state index in [9.17, 15) is 0 Å². The van der Waals surface area contributed by atoms with Crippen molar-refractivity contribution >= 4 is 86.4 Å². The fraction of sp³-hybridized carbons (Fsp3) is 0. The summed E-state index contributed by atoms with van der Waals surface area (Å²) < 4.78 is 0. The van der Waals surface area contributed by atoms with Gasteiger partial charge in [0.2, 0.25) is 0 Å². The maximum absolute atomic E-state index is 2.52. The van der Waals surface area contributed by atoms with Gasteiger partial charge in [0.1, 0.15) is 0 Å². The first kappa shape index (κ1) is 11.6. The summed E-state index contributed by atoms with van der Waals surface area (Å²) in [6.07, 6.45) is 0. The smallest absolute Gasteiger partial charge is 0 e. The van der Waals surface area contributed by atoms with Crippen molar-refractivity contribution in [3.05, 3.63) is 0 Å². The van der Waals surface area contributed by atoms with Crippen molar-refractivity contribution in [2.45, 2.75) is 0 Å². The van der Waals surface area contributed by atoms with Gasteiger partial charge in [-0.25, -0.2) is 0 Å². The van der Waals surface area contributed by atoms with Crippen LogP contribution in [0.15, 0.2) is 0 Å². The van der Waals surface area contributed by atoms with E-state index in [0.29, 0.717) is 0 Å². The van der Waals surface area contributed by atoms with Crippen molar-refractivity contribution in [1.82, 2.24) is 0 Å². The molecule has 2 radical (unpaired) electrons. The Hall–Kier alpha value is 3.84. The molecule has 0 aromatic heterocycles. The summed E-state index contributed by atoms with van der Waals surface area (Å²) in [7, 11) is -0.683. The summed E-state index contributed by atoms with van der Waals surface area (Å²) in [6, 6.07) is 0. The Bertz CT molecular complexity index is 11.6. The van der Waals surface area contributed by atoms with Gasteiger partial charge in [-0.15, -0.1) is 0 Å². The van der Waals surface area contributed by atoms with Crippen LogP contribution < -0.4 is 0 Å². The average molecular weight is 614 g/mol. The van der Waals surface area contributed by atoms with Crippen molar-refractivity contribution in [2.24, 2.45) is 0 Å². The molecule has 0 aliphatic heterocycles. The molecule has 0 N–H and O–H groups in total. The Kier molecular flexibility index (Phi) is 18.2. The normalized spacial score (nSPS) is 7.20. The first-order valence-electron chi connectivity index (χ1n) is 0.507. The first-order chi connectivity index (χ1) is 1.73.